The highest BCUT2D eigenvalue weighted by Gasteiger charge is 2.21. The number of hydrogen-bond acceptors (Lipinski definition) is 6. The monoisotopic (exact) mass is 327 g/mol. The standard InChI is InChI=1S/C18H25N5O/c1-3-24-15-9-5-4-8-14(15)22-17-16(19)18(21-12-20-17)23-10-6-7-13(2)11-23/h4-5,8-9,12-13H,3,6-7,10-11,19H2,1-2H3,(H,20,21,22). The van der Waals surface area contributed by atoms with E-state index in [1.807, 2.05) is 31.2 Å². The summed E-state index contributed by atoms with van der Waals surface area (Å²) in [5.41, 5.74) is 7.79. The molecule has 2 aromatic rings. The van der Waals surface area contributed by atoms with Crippen LogP contribution in [0.4, 0.5) is 23.0 Å². The molecule has 0 aliphatic carbocycles. The Kier molecular flexibility index (Phi) is 5.03. The molecule has 1 aromatic carbocycles. The van der Waals surface area contributed by atoms with Crippen LogP contribution >= 0.6 is 0 Å². The first kappa shape index (κ1) is 16.4. The van der Waals surface area contributed by atoms with E-state index in [0.717, 1.165) is 30.3 Å². The summed E-state index contributed by atoms with van der Waals surface area (Å²) in [5, 5.41) is 3.29. The molecular formula is C18H25N5O. The number of piperidine rings is 1. The van der Waals surface area contributed by atoms with E-state index < -0.39 is 0 Å². The minimum Gasteiger partial charge on any atom is -0.492 e. The van der Waals surface area contributed by atoms with E-state index in [0.29, 0.717) is 24.0 Å². The Labute approximate surface area is 143 Å². The maximum absolute atomic E-state index is 6.36. The van der Waals surface area contributed by atoms with Crippen LogP contribution in [-0.2, 0) is 0 Å². The lowest BCUT2D eigenvalue weighted by Crippen LogP contribution is -2.35. The predicted molar refractivity (Wildman–Crippen MR) is 97.9 cm³/mol. The molecule has 3 N–H and O–H groups in total. The van der Waals surface area contributed by atoms with E-state index in [4.69, 9.17) is 10.5 Å². The average molecular weight is 327 g/mol. The number of nitrogen functional groups attached to an aromatic ring is 1. The lowest BCUT2D eigenvalue weighted by atomic mass is 10.0. The smallest absolute Gasteiger partial charge is 0.159 e. The van der Waals surface area contributed by atoms with Crippen LogP contribution in [0.3, 0.4) is 0 Å². The van der Waals surface area contributed by atoms with Crippen molar-refractivity contribution in [2.24, 2.45) is 5.92 Å². The van der Waals surface area contributed by atoms with Crippen molar-refractivity contribution in [1.82, 2.24) is 9.97 Å². The lowest BCUT2D eigenvalue weighted by molar-refractivity contribution is 0.342. The summed E-state index contributed by atoms with van der Waals surface area (Å²) in [7, 11) is 0. The summed E-state index contributed by atoms with van der Waals surface area (Å²) in [6, 6.07) is 7.78. The van der Waals surface area contributed by atoms with E-state index in [1.54, 1.807) is 6.33 Å². The van der Waals surface area contributed by atoms with Gasteiger partial charge in [-0.25, -0.2) is 9.97 Å². The van der Waals surface area contributed by atoms with Gasteiger partial charge in [0, 0.05) is 13.1 Å². The maximum atomic E-state index is 6.36. The zero-order chi connectivity index (χ0) is 16.9. The number of aromatic nitrogens is 2. The number of nitrogens with one attached hydrogen (secondary N) is 1. The second-order valence-electron chi connectivity index (χ2n) is 6.21. The number of anilines is 4. The molecule has 1 atom stereocenters. The Morgan fingerprint density at radius 1 is 1.33 bits per heavy atom. The Balaban J connectivity index is 1.86. The van der Waals surface area contributed by atoms with Crippen molar-refractivity contribution in [3.8, 4) is 5.75 Å². The number of ether oxygens (including phenoxy) is 1. The molecule has 2 heterocycles. The third-order valence-electron chi connectivity index (χ3n) is 4.26. The van der Waals surface area contributed by atoms with Crippen molar-refractivity contribution in [2.75, 3.05) is 35.6 Å². The Bertz CT molecular complexity index is 691. The second kappa shape index (κ2) is 7.38. The highest BCUT2D eigenvalue weighted by molar-refractivity contribution is 5.79. The SMILES string of the molecule is CCOc1ccccc1Nc1ncnc(N2CCCC(C)C2)c1N. The minimum atomic E-state index is 0.581. The van der Waals surface area contributed by atoms with Crippen molar-refractivity contribution in [3.05, 3.63) is 30.6 Å². The fourth-order valence-electron chi connectivity index (χ4n) is 3.10. The first-order chi connectivity index (χ1) is 11.7. The summed E-state index contributed by atoms with van der Waals surface area (Å²) in [6.45, 7) is 6.80. The van der Waals surface area contributed by atoms with Crippen LogP contribution in [0.1, 0.15) is 26.7 Å². The number of nitrogens with zero attached hydrogens (tertiary/aromatic N) is 3. The molecule has 1 unspecified atom stereocenters. The summed E-state index contributed by atoms with van der Waals surface area (Å²) in [6.07, 6.45) is 3.99. The predicted octanol–water partition coefficient (Wildman–Crippen LogP) is 3.44. The Hall–Kier alpha value is -2.50. The van der Waals surface area contributed by atoms with Gasteiger partial charge in [-0.3, -0.25) is 0 Å². The van der Waals surface area contributed by atoms with Crippen molar-refractivity contribution in [1.29, 1.82) is 0 Å². The normalized spacial score (nSPS) is 17.6. The first-order valence-electron chi connectivity index (χ1n) is 8.53. The number of benzene rings is 1. The molecule has 0 saturated carbocycles. The van der Waals surface area contributed by atoms with Crippen molar-refractivity contribution >= 4 is 23.0 Å². The van der Waals surface area contributed by atoms with E-state index in [1.165, 1.54) is 12.8 Å². The molecule has 1 saturated heterocycles. The van der Waals surface area contributed by atoms with Gasteiger partial charge in [0.15, 0.2) is 11.6 Å². The van der Waals surface area contributed by atoms with Gasteiger partial charge in [0.05, 0.1) is 12.3 Å². The molecule has 1 aliphatic rings. The van der Waals surface area contributed by atoms with E-state index in [-0.39, 0.29) is 0 Å². The zero-order valence-corrected chi connectivity index (χ0v) is 14.3. The van der Waals surface area contributed by atoms with Gasteiger partial charge in [-0.1, -0.05) is 19.1 Å². The largest absolute Gasteiger partial charge is 0.492 e. The molecule has 128 valence electrons. The number of hydrogen-bond donors (Lipinski definition) is 2. The molecular weight excluding hydrogens is 302 g/mol. The first-order valence-corrected chi connectivity index (χ1v) is 8.53. The molecule has 0 spiro atoms. The Morgan fingerprint density at radius 2 is 2.17 bits per heavy atom. The molecule has 1 aromatic heterocycles. The van der Waals surface area contributed by atoms with Gasteiger partial charge in [-0.2, -0.15) is 0 Å². The third-order valence-corrected chi connectivity index (χ3v) is 4.26. The molecule has 6 nitrogen and oxygen atoms in total. The molecule has 24 heavy (non-hydrogen) atoms. The molecule has 6 heteroatoms. The quantitative estimate of drug-likeness (QED) is 0.876. The highest BCUT2D eigenvalue weighted by atomic mass is 16.5. The minimum absolute atomic E-state index is 0.581. The van der Waals surface area contributed by atoms with Crippen LogP contribution in [-0.4, -0.2) is 29.7 Å². The third kappa shape index (κ3) is 3.53. The summed E-state index contributed by atoms with van der Waals surface area (Å²) >= 11 is 0. The van der Waals surface area contributed by atoms with Crippen molar-refractivity contribution in [3.63, 3.8) is 0 Å². The maximum Gasteiger partial charge on any atom is 0.159 e. The van der Waals surface area contributed by atoms with Crippen LogP contribution in [0.25, 0.3) is 0 Å². The van der Waals surface area contributed by atoms with Crippen LogP contribution in [0.15, 0.2) is 30.6 Å². The molecule has 3 rings (SSSR count). The van der Waals surface area contributed by atoms with E-state index in [9.17, 15) is 0 Å². The second-order valence-corrected chi connectivity index (χ2v) is 6.21. The van der Waals surface area contributed by atoms with Gasteiger partial charge >= 0.3 is 0 Å². The highest BCUT2D eigenvalue weighted by Crippen LogP contribution is 2.33. The van der Waals surface area contributed by atoms with Crippen LogP contribution in [0.5, 0.6) is 5.75 Å². The summed E-state index contributed by atoms with van der Waals surface area (Å²) in [5.74, 6) is 2.87. The van der Waals surface area contributed by atoms with E-state index in [2.05, 4.69) is 27.1 Å². The van der Waals surface area contributed by atoms with Crippen molar-refractivity contribution in [2.45, 2.75) is 26.7 Å². The zero-order valence-electron chi connectivity index (χ0n) is 14.3. The number of nitrogens with two attached hydrogens (primary N) is 1. The average Bonchev–Trinajstić information content (AvgIpc) is 2.58. The van der Waals surface area contributed by atoms with Gasteiger partial charge in [0.25, 0.3) is 0 Å². The Morgan fingerprint density at radius 3 is 2.96 bits per heavy atom. The fraction of sp³-hybridized carbons (Fsp3) is 0.444. The molecule has 1 aliphatic heterocycles. The van der Waals surface area contributed by atoms with Gasteiger partial charge in [0.2, 0.25) is 0 Å². The van der Waals surface area contributed by atoms with E-state index >= 15 is 0 Å². The molecule has 0 radical (unpaired) electrons. The summed E-state index contributed by atoms with van der Waals surface area (Å²) < 4.78 is 5.65. The van der Waals surface area contributed by atoms with Crippen LogP contribution < -0.4 is 20.7 Å². The fourth-order valence-corrected chi connectivity index (χ4v) is 3.10. The topological polar surface area (TPSA) is 76.3 Å². The number of para-hydroxylation sites is 2. The van der Waals surface area contributed by atoms with Gasteiger partial charge in [-0.15, -0.1) is 0 Å². The molecule has 0 amide bonds. The van der Waals surface area contributed by atoms with Crippen molar-refractivity contribution < 1.29 is 4.74 Å². The summed E-state index contributed by atoms with van der Waals surface area (Å²) in [4.78, 5) is 11.0. The number of rotatable bonds is 5. The van der Waals surface area contributed by atoms with Gasteiger partial charge in [0.1, 0.15) is 17.8 Å². The van der Waals surface area contributed by atoms with Gasteiger partial charge in [-0.05, 0) is 37.8 Å². The molecule has 1 fully saturated rings. The molecule has 0 bridgehead atoms. The lowest BCUT2D eigenvalue weighted by Gasteiger charge is -2.32. The van der Waals surface area contributed by atoms with Crippen LogP contribution in [0, 0.1) is 5.92 Å². The van der Waals surface area contributed by atoms with Gasteiger partial charge < -0.3 is 20.7 Å². The van der Waals surface area contributed by atoms with Crippen LogP contribution in [0.2, 0.25) is 0 Å².